The third-order valence-electron chi connectivity index (χ3n) is 4.17. The lowest BCUT2D eigenvalue weighted by Crippen LogP contribution is -2.42. The summed E-state index contributed by atoms with van der Waals surface area (Å²) < 4.78 is 23.4. The summed E-state index contributed by atoms with van der Waals surface area (Å²) in [7, 11) is -3.78. The van der Waals surface area contributed by atoms with Gasteiger partial charge >= 0.3 is 0 Å². The Morgan fingerprint density at radius 1 is 1.21 bits per heavy atom. The zero-order valence-corrected chi connectivity index (χ0v) is 14.2. The molecule has 24 heavy (non-hydrogen) atoms. The highest BCUT2D eigenvalue weighted by Crippen LogP contribution is 2.21. The average molecular weight is 346 g/mol. The fourth-order valence-corrected chi connectivity index (χ4v) is 3.73. The van der Waals surface area contributed by atoms with Crippen LogP contribution in [-0.4, -0.2) is 37.4 Å². The lowest BCUT2D eigenvalue weighted by atomic mass is 10.0. The molecule has 1 aliphatic heterocycles. The van der Waals surface area contributed by atoms with Gasteiger partial charge in [0.1, 0.15) is 10.7 Å². The minimum atomic E-state index is -3.78. The Labute approximate surface area is 142 Å². The van der Waals surface area contributed by atoms with E-state index >= 15 is 0 Å². The second kappa shape index (κ2) is 7.29. The van der Waals surface area contributed by atoms with Crippen molar-refractivity contribution < 1.29 is 8.42 Å². The lowest BCUT2D eigenvalue weighted by Gasteiger charge is -2.33. The van der Waals surface area contributed by atoms with Crippen molar-refractivity contribution in [3.63, 3.8) is 0 Å². The van der Waals surface area contributed by atoms with Gasteiger partial charge in [-0.05, 0) is 37.1 Å². The number of rotatable bonds is 5. The van der Waals surface area contributed by atoms with Crippen LogP contribution in [0.3, 0.4) is 0 Å². The van der Waals surface area contributed by atoms with Gasteiger partial charge in [-0.25, -0.2) is 18.5 Å². The molecular formula is C17H22N4O2S. The number of aromatic nitrogens is 1. The summed E-state index contributed by atoms with van der Waals surface area (Å²) in [4.78, 5) is 6.58. The topological polar surface area (TPSA) is 88.3 Å². The molecule has 1 fully saturated rings. The first-order valence-electron chi connectivity index (χ1n) is 8.03. The van der Waals surface area contributed by atoms with Crippen molar-refractivity contribution in [2.24, 2.45) is 5.14 Å². The maximum Gasteiger partial charge on any atom is 0.241 e. The van der Waals surface area contributed by atoms with Crippen LogP contribution >= 0.6 is 0 Å². The number of hydrogen-bond donors (Lipinski definition) is 2. The van der Waals surface area contributed by atoms with Gasteiger partial charge in [0, 0.05) is 25.3 Å². The minimum Gasteiger partial charge on any atom is -0.365 e. The molecule has 0 aliphatic carbocycles. The van der Waals surface area contributed by atoms with Crippen molar-refractivity contribution in [3.05, 3.63) is 54.2 Å². The van der Waals surface area contributed by atoms with Gasteiger partial charge in [0.25, 0.3) is 0 Å². The highest BCUT2D eigenvalue weighted by atomic mass is 32.2. The molecule has 7 heteroatoms. The Kier molecular flexibility index (Phi) is 5.13. The molecule has 3 N–H and O–H groups in total. The van der Waals surface area contributed by atoms with Gasteiger partial charge in [0.05, 0.1) is 0 Å². The molecule has 0 radical (unpaired) electrons. The van der Waals surface area contributed by atoms with Crippen LogP contribution in [0.25, 0.3) is 0 Å². The van der Waals surface area contributed by atoms with Crippen molar-refractivity contribution in [1.29, 1.82) is 0 Å². The first kappa shape index (κ1) is 16.9. The van der Waals surface area contributed by atoms with E-state index in [9.17, 15) is 8.42 Å². The van der Waals surface area contributed by atoms with Crippen molar-refractivity contribution in [2.45, 2.75) is 30.3 Å². The molecule has 3 rings (SSSR count). The maximum absolute atomic E-state index is 11.7. The number of pyridine rings is 1. The van der Waals surface area contributed by atoms with E-state index in [-0.39, 0.29) is 10.9 Å². The van der Waals surface area contributed by atoms with E-state index in [1.54, 1.807) is 12.3 Å². The first-order chi connectivity index (χ1) is 11.5. The number of primary sulfonamides is 1. The van der Waals surface area contributed by atoms with Crippen molar-refractivity contribution >= 4 is 15.8 Å². The standard InChI is InChI=1S/C17H22N4O2S/c18-24(22,23)16-9-4-10-19-17(16)20-15-8-5-11-21(13-15)12-14-6-2-1-3-7-14/h1-4,6-7,9-10,15H,5,8,11-13H2,(H,19,20)(H2,18,22,23). The normalized spacial score (nSPS) is 19.1. The quantitative estimate of drug-likeness (QED) is 0.862. The number of anilines is 1. The Balaban J connectivity index is 1.68. The molecular weight excluding hydrogens is 324 g/mol. The molecule has 0 spiro atoms. The van der Waals surface area contributed by atoms with Crippen LogP contribution in [0, 0.1) is 0 Å². The van der Waals surface area contributed by atoms with Crippen LogP contribution in [0.4, 0.5) is 5.82 Å². The van der Waals surface area contributed by atoms with E-state index in [0.717, 1.165) is 32.5 Å². The summed E-state index contributed by atoms with van der Waals surface area (Å²) in [5.41, 5.74) is 1.28. The number of hydrogen-bond acceptors (Lipinski definition) is 5. The van der Waals surface area contributed by atoms with Crippen molar-refractivity contribution in [2.75, 3.05) is 18.4 Å². The Morgan fingerprint density at radius 3 is 2.75 bits per heavy atom. The van der Waals surface area contributed by atoms with Crippen LogP contribution in [-0.2, 0) is 16.6 Å². The van der Waals surface area contributed by atoms with Gasteiger partial charge < -0.3 is 5.32 Å². The predicted octanol–water partition coefficient (Wildman–Crippen LogP) is 1.81. The number of nitrogens with one attached hydrogen (secondary N) is 1. The van der Waals surface area contributed by atoms with E-state index < -0.39 is 10.0 Å². The zero-order chi connectivity index (χ0) is 17.0. The summed E-state index contributed by atoms with van der Waals surface area (Å²) in [6, 6.07) is 13.5. The van der Waals surface area contributed by atoms with Gasteiger partial charge in [-0.2, -0.15) is 0 Å². The van der Waals surface area contributed by atoms with E-state index in [1.807, 2.05) is 18.2 Å². The zero-order valence-electron chi connectivity index (χ0n) is 13.4. The smallest absolute Gasteiger partial charge is 0.241 e. The van der Waals surface area contributed by atoms with Crippen molar-refractivity contribution in [1.82, 2.24) is 9.88 Å². The molecule has 0 saturated carbocycles. The largest absolute Gasteiger partial charge is 0.365 e. The highest BCUT2D eigenvalue weighted by molar-refractivity contribution is 7.89. The number of nitrogens with two attached hydrogens (primary N) is 1. The highest BCUT2D eigenvalue weighted by Gasteiger charge is 2.23. The van der Waals surface area contributed by atoms with Gasteiger partial charge in [0.15, 0.2) is 0 Å². The van der Waals surface area contributed by atoms with Crippen LogP contribution in [0.2, 0.25) is 0 Å². The molecule has 6 nitrogen and oxygen atoms in total. The summed E-state index contributed by atoms with van der Waals surface area (Å²) in [6.45, 7) is 2.77. The number of piperidine rings is 1. The summed E-state index contributed by atoms with van der Waals surface area (Å²) in [6.07, 6.45) is 3.61. The van der Waals surface area contributed by atoms with E-state index in [0.29, 0.717) is 5.82 Å². The summed E-state index contributed by atoms with van der Waals surface area (Å²) in [5.74, 6) is 0.339. The van der Waals surface area contributed by atoms with E-state index in [2.05, 4.69) is 27.3 Å². The lowest BCUT2D eigenvalue weighted by molar-refractivity contribution is 0.208. The van der Waals surface area contributed by atoms with Crippen LogP contribution in [0.15, 0.2) is 53.6 Å². The van der Waals surface area contributed by atoms with Gasteiger partial charge in [-0.3, -0.25) is 4.90 Å². The maximum atomic E-state index is 11.7. The van der Waals surface area contributed by atoms with Gasteiger partial charge in [0.2, 0.25) is 10.0 Å². The van der Waals surface area contributed by atoms with Crippen LogP contribution in [0.5, 0.6) is 0 Å². The number of likely N-dealkylation sites (tertiary alicyclic amines) is 1. The first-order valence-corrected chi connectivity index (χ1v) is 9.57. The molecule has 1 aromatic carbocycles. The summed E-state index contributed by atoms with van der Waals surface area (Å²) in [5, 5.41) is 8.53. The minimum absolute atomic E-state index is 0.0465. The third kappa shape index (κ3) is 4.31. The molecule has 0 bridgehead atoms. The van der Waals surface area contributed by atoms with Crippen LogP contribution in [0.1, 0.15) is 18.4 Å². The molecule has 0 amide bonds. The Morgan fingerprint density at radius 2 is 2.00 bits per heavy atom. The second-order valence-corrected chi connectivity index (χ2v) is 7.63. The van der Waals surface area contributed by atoms with E-state index in [1.165, 1.54) is 11.6 Å². The van der Waals surface area contributed by atoms with Crippen LogP contribution < -0.4 is 10.5 Å². The average Bonchev–Trinajstić information content (AvgIpc) is 2.56. The molecule has 1 atom stereocenters. The number of nitrogens with zero attached hydrogens (tertiary/aromatic N) is 2. The van der Waals surface area contributed by atoms with Crippen molar-refractivity contribution in [3.8, 4) is 0 Å². The molecule has 2 aromatic rings. The molecule has 128 valence electrons. The molecule has 1 aromatic heterocycles. The van der Waals surface area contributed by atoms with Gasteiger partial charge in [-0.15, -0.1) is 0 Å². The molecule has 1 aliphatic rings. The molecule has 1 saturated heterocycles. The molecule has 2 heterocycles. The monoisotopic (exact) mass is 346 g/mol. The van der Waals surface area contributed by atoms with E-state index in [4.69, 9.17) is 5.14 Å². The number of benzene rings is 1. The SMILES string of the molecule is NS(=O)(=O)c1cccnc1NC1CCCN(Cc2ccccc2)C1. The molecule has 1 unspecified atom stereocenters. The Bertz CT molecular complexity index is 780. The van der Waals surface area contributed by atoms with Gasteiger partial charge in [-0.1, -0.05) is 30.3 Å². The third-order valence-corrected chi connectivity index (χ3v) is 5.12. The second-order valence-electron chi connectivity index (χ2n) is 6.10. The predicted molar refractivity (Wildman–Crippen MR) is 94.0 cm³/mol. The summed E-state index contributed by atoms with van der Waals surface area (Å²) >= 11 is 0. The fraction of sp³-hybridized carbons (Fsp3) is 0.353. The Hall–Kier alpha value is -1.96. The number of sulfonamides is 1. The fourth-order valence-electron chi connectivity index (χ4n) is 3.08.